The molecule has 0 spiro atoms. The van der Waals surface area contributed by atoms with Gasteiger partial charge in [0.2, 0.25) is 0 Å². The van der Waals surface area contributed by atoms with Crippen LogP contribution in [0.2, 0.25) is 10.0 Å². The lowest BCUT2D eigenvalue weighted by atomic mass is 10.2. The summed E-state index contributed by atoms with van der Waals surface area (Å²) in [6.07, 6.45) is 0.934. The second kappa shape index (κ2) is 8.89. The van der Waals surface area contributed by atoms with Crippen LogP contribution in [-0.4, -0.2) is 26.2 Å². The van der Waals surface area contributed by atoms with Crippen LogP contribution < -0.4 is 15.4 Å². The highest BCUT2D eigenvalue weighted by Crippen LogP contribution is 2.33. The van der Waals surface area contributed by atoms with Crippen LogP contribution in [0.3, 0.4) is 0 Å². The first-order valence-corrected chi connectivity index (χ1v) is 7.10. The molecule has 0 saturated heterocycles. The smallest absolute Gasteiger partial charge is 0.387 e. The third-order valence-corrected chi connectivity index (χ3v) is 3.00. The molecule has 0 aliphatic rings. The summed E-state index contributed by atoms with van der Waals surface area (Å²) in [7, 11) is 1.62. The monoisotopic (exact) mass is 339 g/mol. The van der Waals surface area contributed by atoms with Gasteiger partial charge in [0.15, 0.2) is 5.96 Å². The molecule has 0 fully saturated rings. The number of guanidine groups is 1. The zero-order chi connectivity index (χ0) is 15.8. The first-order chi connectivity index (χ1) is 9.97. The van der Waals surface area contributed by atoms with E-state index in [9.17, 15) is 8.78 Å². The maximum atomic E-state index is 12.4. The topological polar surface area (TPSA) is 45.7 Å². The Kier molecular flexibility index (Phi) is 7.53. The standard InChI is InChI=1S/C13H17Cl2F2N3O/c1-3-4-19-13(18-2)20-7-8-5-9(14)6-10(15)11(8)21-12(16)17/h5-6,12H,3-4,7H2,1-2H3,(H2,18,19,20). The van der Waals surface area contributed by atoms with Crippen molar-refractivity contribution in [1.29, 1.82) is 0 Å². The van der Waals surface area contributed by atoms with Crippen molar-refractivity contribution in [3.63, 3.8) is 0 Å². The zero-order valence-electron chi connectivity index (χ0n) is 11.7. The maximum absolute atomic E-state index is 12.4. The number of hydrogen-bond acceptors (Lipinski definition) is 2. The molecule has 1 rings (SSSR count). The Morgan fingerprint density at radius 3 is 2.62 bits per heavy atom. The number of benzene rings is 1. The molecule has 2 N–H and O–H groups in total. The van der Waals surface area contributed by atoms with Gasteiger partial charge >= 0.3 is 6.61 Å². The van der Waals surface area contributed by atoms with Crippen LogP contribution in [0.5, 0.6) is 5.75 Å². The Labute approximate surface area is 132 Å². The fourth-order valence-corrected chi connectivity index (χ4v) is 2.19. The van der Waals surface area contributed by atoms with Crippen molar-refractivity contribution >= 4 is 29.2 Å². The lowest BCUT2D eigenvalue weighted by molar-refractivity contribution is -0.0504. The van der Waals surface area contributed by atoms with Crippen molar-refractivity contribution < 1.29 is 13.5 Å². The molecule has 0 radical (unpaired) electrons. The van der Waals surface area contributed by atoms with Crippen molar-refractivity contribution in [3.8, 4) is 5.75 Å². The third kappa shape index (κ3) is 5.93. The fourth-order valence-electron chi connectivity index (χ4n) is 1.61. The molecular weight excluding hydrogens is 323 g/mol. The van der Waals surface area contributed by atoms with Crippen LogP contribution >= 0.6 is 23.2 Å². The third-order valence-electron chi connectivity index (χ3n) is 2.50. The van der Waals surface area contributed by atoms with Crippen LogP contribution in [0.15, 0.2) is 17.1 Å². The van der Waals surface area contributed by atoms with Gasteiger partial charge in [-0.2, -0.15) is 8.78 Å². The molecule has 1 aromatic carbocycles. The molecule has 0 aromatic heterocycles. The van der Waals surface area contributed by atoms with Gasteiger partial charge in [0.1, 0.15) is 5.75 Å². The van der Waals surface area contributed by atoms with Crippen molar-refractivity contribution in [2.75, 3.05) is 13.6 Å². The Balaban J connectivity index is 2.86. The van der Waals surface area contributed by atoms with Gasteiger partial charge in [0.05, 0.1) is 5.02 Å². The molecule has 0 heterocycles. The second-order valence-corrected chi connectivity index (χ2v) is 4.95. The van der Waals surface area contributed by atoms with Crippen molar-refractivity contribution in [2.24, 2.45) is 4.99 Å². The van der Waals surface area contributed by atoms with E-state index >= 15 is 0 Å². The van der Waals surface area contributed by atoms with Gasteiger partial charge in [-0.25, -0.2) is 0 Å². The van der Waals surface area contributed by atoms with Gasteiger partial charge in [0.25, 0.3) is 0 Å². The molecule has 118 valence electrons. The number of halogens is 4. The number of nitrogens with one attached hydrogen (secondary N) is 2. The molecule has 0 aliphatic carbocycles. The summed E-state index contributed by atoms with van der Waals surface area (Å²) in [5.74, 6) is 0.463. The van der Waals surface area contributed by atoms with Crippen LogP contribution in [-0.2, 0) is 6.54 Å². The van der Waals surface area contributed by atoms with Crippen molar-refractivity contribution in [1.82, 2.24) is 10.6 Å². The molecule has 0 aliphatic heterocycles. The minimum absolute atomic E-state index is 0.0381. The van der Waals surface area contributed by atoms with Crippen LogP contribution in [0.1, 0.15) is 18.9 Å². The minimum Gasteiger partial charge on any atom is -0.433 e. The molecule has 0 unspecified atom stereocenters. The second-order valence-electron chi connectivity index (χ2n) is 4.11. The Morgan fingerprint density at radius 1 is 1.33 bits per heavy atom. The van der Waals surface area contributed by atoms with Gasteiger partial charge < -0.3 is 15.4 Å². The van der Waals surface area contributed by atoms with Crippen LogP contribution in [0.4, 0.5) is 8.78 Å². The Bertz CT molecular complexity index is 499. The maximum Gasteiger partial charge on any atom is 0.387 e. The molecule has 0 saturated carbocycles. The molecule has 21 heavy (non-hydrogen) atoms. The summed E-state index contributed by atoms with van der Waals surface area (Å²) < 4.78 is 29.3. The number of hydrogen-bond donors (Lipinski definition) is 2. The normalized spacial score (nSPS) is 11.7. The van der Waals surface area contributed by atoms with E-state index in [2.05, 4.69) is 20.4 Å². The van der Waals surface area contributed by atoms with E-state index in [4.69, 9.17) is 23.2 Å². The van der Waals surface area contributed by atoms with Gasteiger partial charge in [0, 0.05) is 30.7 Å². The lowest BCUT2D eigenvalue weighted by Gasteiger charge is -2.15. The summed E-state index contributed by atoms with van der Waals surface area (Å²) in [4.78, 5) is 4.02. The highest BCUT2D eigenvalue weighted by molar-refractivity contribution is 6.35. The van der Waals surface area contributed by atoms with Crippen molar-refractivity contribution in [3.05, 3.63) is 27.7 Å². The van der Waals surface area contributed by atoms with E-state index in [-0.39, 0.29) is 17.3 Å². The first kappa shape index (κ1) is 17.8. The quantitative estimate of drug-likeness (QED) is 0.614. The molecule has 0 atom stereocenters. The average Bonchev–Trinajstić information content (AvgIpc) is 2.42. The average molecular weight is 340 g/mol. The number of rotatable bonds is 6. The zero-order valence-corrected chi connectivity index (χ0v) is 13.2. The first-order valence-electron chi connectivity index (χ1n) is 6.35. The largest absolute Gasteiger partial charge is 0.433 e. The van der Waals surface area contributed by atoms with E-state index in [1.807, 2.05) is 6.92 Å². The molecular formula is C13H17Cl2F2N3O. The molecule has 0 amide bonds. The predicted octanol–water partition coefficient (Wildman–Crippen LogP) is 3.67. The molecule has 4 nitrogen and oxygen atoms in total. The molecule has 1 aromatic rings. The van der Waals surface area contributed by atoms with E-state index < -0.39 is 6.61 Å². The van der Waals surface area contributed by atoms with Gasteiger partial charge in [-0.1, -0.05) is 30.1 Å². The van der Waals surface area contributed by atoms with E-state index in [0.29, 0.717) is 16.5 Å². The summed E-state index contributed by atoms with van der Waals surface area (Å²) in [6, 6.07) is 2.87. The van der Waals surface area contributed by atoms with Gasteiger partial charge in [-0.3, -0.25) is 4.99 Å². The molecule has 8 heteroatoms. The number of nitrogens with zero attached hydrogens (tertiary/aromatic N) is 1. The predicted molar refractivity (Wildman–Crippen MR) is 81.6 cm³/mol. The van der Waals surface area contributed by atoms with Crippen LogP contribution in [0.25, 0.3) is 0 Å². The minimum atomic E-state index is -2.96. The summed E-state index contributed by atoms with van der Waals surface area (Å²) in [5, 5.41) is 6.43. The van der Waals surface area contributed by atoms with Gasteiger partial charge in [-0.05, 0) is 18.6 Å². The van der Waals surface area contributed by atoms with Crippen molar-refractivity contribution in [2.45, 2.75) is 26.5 Å². The van der Waals surface area contributed by atoms with E-state index in [1.54, 1.807) is 7.05 Å². The highest BCUT2D eigenvalue weighted by atomic mass is 35.5. The SMILES string of the molecule is CCCNC(=NC)NCc1cc(Cl)cc(Cl)c1OC(F)F. The highest BCUT2D eigenvalue weighted by Gasteiger charge is 2.15. The van der Waals surface area contributed by atoms with E-state index in [1.165, 1.54) is 12.1 Å². The fraction of sp³-hybridized carbons (Fsp3) is 0.462. The summed E-state index contributed by atoms with van der Waals surface area (Å²) in [5.41, 5.74) is 0.423. The number of alkyl halides is 2. The number of aliphatic imine (C=N–C) groups is 1. The Morgan fingerprint density at radius 2 is 2.05 bits per heavy atom. The molecule has 0 bridgehead atoms. The number of ether oxygens (including phenoxy) is 1. The lowest BCUT2D eigenvalue weighted by Crippen LogP contribution is -2.37. The van der Waals surface area contributed by atoms with Crippen LogP contribution in [0, 0.1) is 0 Å². The van der Waals surface area contributed by atoms with E-state index in [0.717, 1.165) is 13.0 Å². The summed E-state index contributed by atoms with van der Waals surface area (Å²) in [6.45, 7) is 0.00759. The van der Waals surface area contributed by atoms with Gasteiger partial charge in [-0.15, -0.1) is 0 Å². The summed E-state index contributed by atoms with van der Waals surface area (Å²) >= 11 is 11.8. The Hall–Kier alpha value is -1.27.